The van der Waals surface area contributed by atoms with Crippen LogP contribution in [0, 0.1) is 5.41 Å². The van der Waals surface area contributed by atoms with Crippen LogP contribution < -0.4 is 0 Å². The summed E-state index contributed by atoms with van der Waals surface area (Å²) in [5.74, 6) is 0. The first-order valence-electron chi connectivity index (χ1n) is 10.4. The lowest BCUT2D eigenvalue weighted by Gasteiger charge is -2.36. The zero-order valence-corrected chi connectivity index (χ0v) is 18.7. The van der Waals surface area contributed by atoms with Crippen molar-refractivity contribution in [3.8, 4) is 0 Å². The van der Waals surface area contributed by atoms with E-state index in [1.54, 1.807) is 0 Å². The zero-order chi connectivity index (χ0) is 18.3. The Labute approximate surface area is 167 Å². The van der Waals surface area contributed by atoms with Gasteiger partial charge in [-0.3, -0.25) is 0 Å². The molecule has 0 aromatic heterocycles. The van der Waals surface area contributed by atoms with E-state index < -0.39 is 3.79 Å². The second kappa shape index (κ2) is 15.0. The van der Waals surface area contributed by atoms with Gasteiger partial charge in [0, 0.05) is 5.41 Å². The molecule has 1 atom stereocenters. The second-order valence-corrected chi connectivity index (χ2v) is 10.1. The molecule has 0 aliphatic heterocycles. The van der Waals surface area contributed by atoms with E-state index in [2.05, 4.69) is 20.8 Å². The molecule has 0 saturated carbocycles. The van der Waals surface area contributed by atoms with Crippen LogP contribution in [0.4, 0.5) is 0 Å². The highest BCUT2D eigenvalue weighted by atomic mass is 35.6. The van der Waals surface area contributed by atoms with Crippen molar-refractivity contribution in [2.45, 2.75) is 127 Å². The fourth-order valence-electron chi connectivity index (χ4n) is 3.35. The van der Waals surface area contributed by atoms with Gasteiger partial charge in [-0.2, -0.15) is 0 Å². The fourth-order valence-corrected chi connectivity index (χ4v) is 3.92. The topological polar surface area (TPSA) is 0 Å². The molecule has 0 aliphatic rings. The standard InChI is InChI=1S/C21H41Cl3/c1-4-6-8-10-12-13-15-17-19-20(3,21(22,23)24)18-16-14-11-9-7-5-2/h4-19H2,1-3H3. The molecule has 0 saturated heterocycles. The number of alkyl halides is 3. The van der Waals surface area contributed by atoms with Gasteiger partial charge in [0.25, 0.3) is 0 Å². The molecule has 0 heterocycles. The number of unbranched alkanes of at least 4 members (excludes halogenated alkanes) is 12. The van der Waals surface area contributed by atoms with Crippen LogP contribution in [-0.2, 0) is 0 Å². The summed E-state index contributed by atoms with van der Waals surface area (Å²) in [5, 5.41) is 0. The number of halogens is 3. The predicted octanol–water partition coefficient (Wildman–Crippen LogP) is 9.64. The monoisotopic (exact) mass is 398 g/mol. The molecule has 0 aromatic rings. The Bertz CT molecular complexity index is 273. The lowest BCUT2D eigenvalue weighted by molar-refractivity contribution is 0.255. The van der Waals surface area contributed by atoms with Crippen LogP contribution in [0.3, 0.4) is 0 Å². The lowest BCUT2D eigenvalue weighted by atomic mass is 9.81. The average Bonchev–Trinajstić information content (AvgIpc) is 2.52. The van der Waals surface area contributed by atoms with Crippen molar-refractivity contribution in [3.63, 3.8) is 0 Å². The van der Waals surface area contributed by atoms with Gasteiger partial charge in [-0.15, -0.1) is 0 Å². The zero-order valence-electron chi connectivity index (χ0n) is 16.4. The number of hydrogen-bond donors (Lipinski definition) is 0. The van der Waals surface area contributed by atoms with Gasteiger partial charge in [0.05, 0.1) is 0 Å². The summed E-state index contributed by atoms with van der Waals surface area (Å²) in [6, 6.07) is 0. The molecular weight excluding hydrogens is 359 g/mol. The van der Waals surface area contributed by atoms with Crippen molar-refractivity contribution in [3.05, 3.63) is 0 Å². The Morgan fingerprint density at radius 1 is 0.500 bits per heavy atom. The molecule has 0 bridgehead atoms. The Morgan fingerprint density at radius 3 is 1.08 bits per heavy atom. The van der Waals surface area contributed by atoms with Crippen LogP contribution in [0.1, 0.15) is 124 Å². The lowest BCUT2D eigenvalue weighted by Crippen LogP contribution is -2.32. The van der Waals surface area contributed by atoms with Crippen LogP contribution in [-0.4, -0.2) is 3.79 Å². The third-order valence-electron chi connectivity index (χ3n) is 5.35. The largest absolute Gasteiger partial charge is 0.195 e. The van der Waals surface area contributed by atoms with E-state index >= 15 is 0 Å². The van der Waals surface area contributed by atoms with Gasteiger partial charge >= 0.3 is 0 Å². The summed E-state index contributed by atoms with van der Waals surface area (Å²) >= 11 is 19.0. The van der Waals surface area contributed by atoms with E-state index in [0.717, 1.165) is 12.8 Å². The number of hydrogen-bond acceptors (Lipinski definition) is 0. The average molecular weight is 400 g/mol. The maximum Gasteiger partial charge on any atom is 0.195 e. The summed E-state index contributed by atoms with van der Waals surface area (Å²) in [6.45, 7) is 6.69. The van der Waals surface area contributed by atoms with Gasteiger partial charge in [-0.05, 0) is 12.8 Å². The first-order chi connectivity index (χ1) is 11.4. The molecule has 0 spiro atoms. The molecule has 0 N–H and O–H groups in total. The Balaban J connectivity index is 3.95. The highest BCUT2D eigenvalue weighted by Gasteiger charge is 2.43. The molecule has 0 radical (unpaired) electrons. The van der Waals surface area contributed by atoms with Gasteiger partial charge in [-0.25, -0.2) is 0 Å². The molecule has 146 valence electrons. The van der Waals surface area contributed by atoms with Crippen LogP contribution in [0.5, 0.6) is 0 Å². The van der Waals surface area contributed by atoms with Crippen LogP contribution >= 0.6 is 34.8 Å². The predicted molar refractivity (Wildman–Crippen MR) is 114 cm³/mol. The van der Waals surface area contributed by atoms with Crippen LogP contribution in [0.15, 0.2) is 0 Å². The highest BCUT2D eigenvalue weighted by Crippen LogP contribution is 2.51. The molecular formula is C21H41Cl3. The van der Waals surface area contributed by atoms with Crippen molar-refractivity contribution in [2.75, 3.05) is 0 Å². The van der Waals surface area contributed by atoms with Crippen molar-refractivity contribution in [1.82, 2.24) is 0 Å². The highest BCUT2D eigenvalue weighted by molar-refractivity contribution is 6.68. The summed E-state index contributed by atoms with van der Waals surface area (Å²) in [6.07, 6.45) is 20.5. The molecule has 0 fully saturated rings. The molecule has 0 rings (SSSR count). The SMILES string of the molecule is CCCCCCCCCCC(C)(CCCCCCCC)C(Cl)(Cl)Cl. The molecule has 3 heteroatoms. The summed E-state index contributed by atoms with van der Waals surface area (Å²) in [4.78, 5) is 0. The smallest absolute Gasteiger partial charge is 0.0831 e. The quantitative estimate of drug-likeness (QED) is 0.179. The summed E-state index contributed by atoms with van der Waals surface area (Å²) in [5.41, 5.74) is -0.176. The second-order valence-electron chi connectivity index (χ2n) is 7.80. The van der Waals surface area contributed by atoms with E-state index in [1.807, 2.05) is 0 Å². The van der Waals surface area contributed by atoms with Gasteiger partial charge in [-0.1, -0.05) is 145 Å². The normalized spacial score (nSPS) is 14.8. The molecule has 24 heavy (non-hydrogen) atoms. The van der Waals surface area contributed by atoms with Gasteiger partial charge in [0.2, 0.25) is 0 Å². The molecule has 0 aliphatic carbocycles. The van der Waals surface area contributed by atoms with E-state index in [-0.39, 0.29) is 5.41 Å². The Morgan fingerprint density at radius 2 is 0.792 bits per heavy atom. The molecule has 0 amide bonds. The van der Waals surface area contributed by atoms with E-state index in [4.69, 9.17) is 34.8 Å². The first kappa shape index (κ1) is 24.9. The maximum absolute atomic E-state index is 6.33. The van der Waals surface area contributed by atoms with E-state index in [1.165, 1.54) is 89.9 Å². The van der Waals surface area contributed by atoms with E-state index in [9.17, 15) is 0 Å². The third kappa shape index (κ3) is 12.3. The van der Waals surface area contributed by atoms with Crippen molar-refractivity contribution in [2.24, 2.45) is 5.41 Å². The van der Waals surface area contributed by atoms with Gasteiger partial charge in [0.15, 0.2) is 3.79 Å². The van der Waals surface area contributed by atoms with Crippen LogP contribution in [0.25, 0.3) is 0 Å². The first-order valence-corrected chi connectivity index (χ1v) is 11.6. The van der Waals surface area contributed by atoms with E-state index in [0.29, 0.717) is 0 Å². The Hall–Kier alpha value is 0.870. The van der Waals surface area contributed by atoms with Crippen molar-refractivity contribution < 1.29 is 0 Å². The van der Waals surface area contributed by atoms with Crippen LogP contribution in [0.2, 0.25) is 0 Å². The minimum absolute atomic E-state index is 0.176. The minimum Gasteiger partial charge on any atom is -0.0831 e. The van der Waals surface area contributed by atoms with Crippen molar-refractivity contribution >= 4 is 34.8 Å². The molecule has 0 nitrogen and oxygen atoms in total. The molecule has 1 unspecified atom stereocenters. The summed E-state index contributed by atoms with van der Waals surface area (Å²) < 4.78 is -1.14. The Kier molecular flexibility index (Phi) is 15.5. The maximum atomic E-state index is 6.33. The fraction of sp³-hybridized carbons (Fsp3) is 1.00. The minimum atomic E-state index is -1.14. The van der Waals surface area contributed by atoms with Gasteiger partial charge in [0.1, 0.15) is 0 Å². The third-order valence-corrected chi connectivity index (χ3v) is 6.72. The molecule has 0 aromatic carbocycles. The summed E-state index contributed by atoms with van der Waals surface area (Å²) in [7, 11) is 0. The van der Waals surface area contributed by atoms with Gasteiger partial charge < -0.3 is 0 Å². The van der Waals surface area contributed by atoms with Crippen molar-refractivity contribution in [1.29, 1.82) is 0 Å². The number of rotatable bonds is 16.